The molecule has 1 aliphatic rings. The number of hydrogen-bond acceptors (Lipinski definition) is 4. The molecule has 2 N–H and O–H groups in total. The molecule has 0 unspecified atom stereocenters. The summed E-state index contributed by atoms with van der Waals surface area (Å²) in [6.45, 7) is 1.93. The summed E-state index contributed by atoms with van der Waals surface area (Å²) >= 11 is 0. The smallest absolute Gasteiger partial charge is 0.271 e. The molecule has 0 bridgehead atoms. The molecule has 1 fully saturated rings. The third kappa shape index (κ3) is 2.64. The number of amides is 2. The van der Waals surface area contributed by atoms with Crippen LogP contribution >= 0.6 is 0 Å². The van der Waals surface area contributed by atoms with Gasteiger partial charge in [0, 0.05) is 13.0 Å². The molecule has 1 heterocycles. The van der Waals surface area contributed by atoms with Gasteiger partial charge >= 0.3 is 0 Å². The molecule has 1 aromatic rings. The minimum absolute atomic E-state index is 0.0148. The lowest BCUT2D eigenvalue weighted by Crippen LogP contribution is -2.23. The van der Waals surface area contributed by atoms with Gasteiger partial charge in [0.1, 0.15) is 0 Å². The topological polar surface area (TPSA) is 84.0 Å². The first-order valence-corrected chi connectivity index (χ1v) is 6.05. The van der Waals surface area contributed by atoms with Gasteiger partial charge in [-0.1, -0.05) is 6.92 Å². The SMILES string of the molecule is CCc1cc(NC(=O)C2CC2)nnc1C(=O)NC. The molecule has 96 valence electrons. The summed E-state index contributed by atoms with van der Waals surface area (Å²) in [7, 11) is 1.55. The van der Waals surface area contributed by atoms with Gasteiger partial charge in [0.05, 0.1) is 0 Å². The van der Waals surface area contributed by atoms with E-state index in [0.717, 1.165) is 18.4 Å². The number of hydrogen-bond donors (Lipinski definition) is 2. The van der Waals surface area contributed by atoms with Crippen LogP contribution in [0.3, 0.4) is 0 Å². The van der Waals surface area contributed by atoms with Crippen LogP contribution in [0.4, 0.5) is 5.82 Å². The average Bonchev–Trinajstić information content (AvgIpc) is 3.22. The first-order chi connectivity index (χ1) is 8.65. The van der Waals surface area contributed by atoms with Gasteiger partial charge in [-0.2, -0.15) is 0 Å². The lowest BCUT2D eigenvalue weighted by atomic mass is 10.1. The first kappa shape index (κ1) is 12.5. The second-order valence-electron chi connectivity index (χ2n) is 4.30. The predicted octanol–water partition coefficient (Wildman–Crippen LogP) is 0.747. The summed E-state index contributed by atoms with van der Waals surface area (Å²) in [5.74, 6) is 0.255. The summed E-state index contributed by atoms with van der Waals surface area (Å²) in [5.41, 5.74) is 1.08. The van der Waals surface area contributed by atoms with Crippen molar-refractivity contribution in [3.8, 4) is 0 Å². The molecule has 0 aliphatic heterocycles. The number of aromatic nitrogens is 2. The van der Waals surface area contributed by atoms with Gasteiger partial charge < -0.3 is 10.6 Å². The summed E-state index contributed by atoms with van der Waals surface area (Å²) in [6, 6.07) is 1.71. The number of carbonyl (C=O) groups is 2. The molecule has 1 aliphatic carbocycles. The van der Waals surface area contributed by atoms with Crippen molar-refractivity contribution in [3.63, 3.8) is 0 Å². The maximum absolute atomic E-state index is 11.6. The molecule has 0 aromatic carbocycles. The van der Waals surface area contributed by atoms with Gasteiger partial charge in [0.2, 0.25) is 5.91 Å². The third-order valence-corrected chi connectivity index (χ3v) is 2.90. The van der Waals surface area contributed by atoms with Crippen LogP contribution in [0, 0.1) is 5.92 Å². The molecule has 0 atom stereocenters. The van der Waals surface area contributed by atoms with E-state index in [-0.39, 0.29) is 17.7 Å². The van der Waals surface area contributed by atoms with Crippen LogP contribution in [0.1, 0.15) is 35.8 Å². The average molecular weight is 248 g/mol. The zero-order chi connectivity index (χ0) is 13.1. The van der Waals surface area contributed by atoms with E-state index >= 15 is 0 Å². The van der Waals surface area contributed by atoms with Crippen LogP contribution < -0.4 is 10.6 Å². The summed E-state index contributed by atoms with van der Waals surface area (Å²) in [6.07, 6.45) is 2.54. The zero-order valence-electron chi connectivity index (χ0n) is 10.5. The molecule has 1 saturated carbocycles. The second-order valence-corrected chi connectivity index (χ2v) is 4.30. The third-order valence-electron chi connectivity index (χ3n) is 2.90. The molecule has 0 radical (unpaired) electrons. The van der Waals surface area contributed by atoms with E-state index in [1.54, 1.807) is 13.1 Å². The van der Waals surface area contributed by atoms with E-state index in [1.807, 2.05) is 6.92 Å². The van der Waals surface area contributed by atoms with Crippen molar-refractivity contribution in [3.05, 3.63) is 17.3 Å². The number of anilines is 1. The Kier molecular flexibility index (Phi) is 3.55. The quantitative estimate of drug-likeness (QED) is 0.823. The zero-order valence-corrected chi connectivity index (χ0v) is 10.5. The van der Waals surface area contributed by atoms with Gasteiger partial charge in [0.25, 0.3) is 5.91 Å². The number of carbonyl (C=O) groups excluding carboxylic acids is 2. The van der Waals surface area contributed by atoms with Crippen molar-refractivity contribution in [2.24, 2.45) is 5.92 Å². The summed E-state index contributed by atoms with van der Waals surface area (Å²) in [5, 5.41) is 13.0. The fourth-order valence-corrected chi connectivity index (χ4v) is 1.64. The monoisotopic (exact) mass is 248 g/mol. The standard InChI is InChI=1S/C12H16N4O2/c1-3-7-6-9(14-11(17)8-4-5-8)15-16-10(7)12(18)13-2/h6,8H,3-5H2,1-2H3,(H,13,18)(H,14,15,17). The Morgan fingerprint density at radius 1 is 1.39 bits per heavy atom. The lowest BCUT2D eigenvalue weighted by molar-refractivity contribution is -0.117. The molecular formula is C12H16N4O2. The maximum Gasteiger partial charge on any atom is 0.271 e. The summed E-state index contributed by atoms with van der Waals surface area (Å²) in [4.78, 5) is 23.1. The Morgan fingerprint density at radius 2 is 2.11 bits per heavy atom. The van der Waals surface area contributed by atoms with Crippen molar-refractivity contribution in [1.82, 2.24) is 15.5 Å². The number of rotatable bonds is 4. The van der Waals surface area contributed by atoms with Crippen molar-refractivity contribution in [2.45, 2.75) is 26.2 Å². The van der Waals surface area contributed by atoms with E-state index in [2.05, 4.69) is 20.8 Å². The van der Waals surface area contributed by atoms with Crippen molar-refractivity contribution < 1.29 is 9.59 Å². The van der Waals surface area contributed by atoms with Crippen LogP contribution in [0.5, 0.6) is 0 Å². The Balaban J connectivity index is 2.18. The Hall–Kier alpha value is -1.98. The highest BCUT2D eigenvalue weighted by Crippen LogP contribution is 2.29. The minimum atomic E-state index is -0.264. The Morgan fingerprint density at radius 3 is 2.67 bits per heavy atom. The van der Waals surface area contributed by atoms with Crippen LogP contribution in [-0.2, 0) is 11.2 Å². The van der Waals surface area contributed by atoms with Gasteiger partial charge in [-0.15, -0.1) is 10.2 Å². The van der Waals surface area contributed by atoms with E-state index in [1.165, 1.54) is 0 Å². The highest BCUT2D eigenvalue weighted by molar-refractivity contribution is 5.95. The molecule has 0 spiro atoms. The molecule has 1 aromatic heterocycles. The fraction of sp³-hybridized carbons (Fsp3) is 0.500. The van der Waals surface area contributed by atoms with Gasteiger partial charge in [-0.25, -0.2) is 0 Å². The fourth-order valence-electron chi connectivity index (χ4n) is 1.64. The molecule has 2 rings (SSSR count). The summed E-state index contributed by atoms with van der Waals surface area (Å²) < 4.78 is 0. The highest BCUT2D eigenvalue weighted by Gasteiger charge is 2.30. The normalized spacial score (nSPS) is 14.1. The molecule has 0 saturated heterocycles. The lowest BCUT2D eigenvalue weighted by Gasteiger charge is -2.08. The molecule has 6 heteroatoms. The van der Waals surface area contributed by atoms with Gasteiger partial charge in [-0.05, 0) is 30.9 Å². The van der Waals surface area contributed by atoms with Crippen LogP contribution in [0.25, 0.3) is 0 Å². The van der Waals surface area contributed by atoms with Crippen molar-refractivity contribution >= 4 is 17.6 Å². The van der Waals surface area contributed by atoms with Crippen molar-refractivity contribution in [1.29, 1.82) is 0 Å². The van der Waals surface area contributed by atoms with E-state index in [0.29, 0.717) is 17.9 Å². The molecule has 2 amide bonds. The number of aryl methyl sites for hydroxylation is 1. The number of nitrogens with one attached hydrogen (secondary N) is 2. The Bertz CT molecular complexity index is 483. The van der Waals surface area contributed by atoms with Crippen molar-refractivity contribution in [2.75, 3.05) is 12.4 Å². The number of nitrogens with zero attached hydrogens (tertiary/aromatic N) is 2. The molecule has 6 nitrogen and oxygen atoms in total. The molecular weight excluding hydrogens is 232 g/mol. The Labute approximate surface area is 105 Å². The van der Waals surface area contributed by atoms with Crippen LogP contribution in [0.2, 0.25) is 0 Å². The van der Waals surface area contributed by atoms with E-state index in [9.17, 15) is 9.59 Å². The molecule has 18 heavy (non-hydrogen) atoms. The largest absolute Gasteiger partial charge is 0.354 e. The van der Waals surface area contributed by atoms with E-state index in [4.69, 9.17) is 0 Å². The predicted molar refractivity (Wildman–Crippen MR) is 66.2 cm³/mol. The second kappa shape index (κ2) is 5.12. The van der Waals surface area contributed by atoms with Gasteiger partial charge in [-0.3, -0.25) is 9.59 Å². The van der Waals surface area contributed by atoms with Gasteiger partial charge in [0.15, 0.2) is 11.5 Å². The van der Waals surface area contributed by atoms with Crippen LogP contribution in [-0.4, -0.2) is 29.1 Å². The van der Waals surface area contributed by atoms with Crippen LogP contribution in [0.15, 0.2) is 6.07 Å². The maximum atomic E-state index is 11.6. The van der Waals surface area contributed by atoms with E-state index < -0.39 is 0 Å². The minimum Gasteiger partial charge on any atom is -0.354 e. The highest BCUT2D eigenvalue weighted by atomic mass is 16.2. The first-order valence-electron chi connectivity index (χ1n) is 6.05.